The van der Waals surface area contributed by atoms with E-state index in [1.54, 1.807) is 12.1 Å². The number of carbonyl (C=O) groups excluding carboxylic acids is 1. The van der Waals surface area contributed by atoms with Crippen LogP contribution in [0, 0.1) is 5.82 Å². The quantitative estimate of drug-likeness (QED) is 0.703. The highest BCUT2D eigenvalue weighted by Crippen LogP contribution is 2.16. The Morgan fingerprint density at radius 2 is 2.26 bits per heavy atom. The summed E-state index contributed by atoms with van der Waals surface area (Å²) in [6.07, 6.45) is 1.58. The van der Waals surface area contributed by atoms with Crippen LogP contribution >= 0.6 is 0 Å². The molecular weight excluding hydrogens is 247 g/mol. The molecule has 5 heteroatoms. The maximum Gasteiger partial charge on any atom is 0.258 e. The predicted molar refractivity (Wildman–Crippen MR) is 72.5 cm³/mol. The smallest absolute Gasteiger partial charge is 0.258 e. The fourth-order valence-corrected chi connectivity index (χ4v) is 1.46. The van der Waals surface area contributed by atoms with Crippen LogP contribution < -0.4 is 15.4 Å². The van der Waals surface area contributed by atoms with Gasteiger partial charge in [0, 0.05) is 19.2 Å². The van der Waals surface area contributed by atoms with Gasteiger partial charge in [-0.25, -0.2) is 4.39 Å². The maximum absolute atomic E-state index is 13.4. The van der Waals surface area contributed by atoms with Crippen LogP contribution in [-0.4, -0.2) is 25.6 Å². The Morgan fingerprint density at radius 3 is 2.95 bits per heavy atom. The Morgan fingerprint density at radius 1 is 1.47 bits per heavy atom. The van der Waals surface area contributed by atoms with E-state index < -0.39 is 0 Å². The van der Waals surface area contributed by atoms with E-state index in [1.165, 1.54) is 12.1 Å². The first-order valence-electron chi connectivity index (χ1n) is 6.16. The number of hydrogen-bond donors (Lipinski definition) is 2. The third-order valence-corrected chi connectivity index (χ3v) is 2.32. The number of amides is 1. The largest absolute Gasteiger partial charge is 0.484 e. The van der Waals surface area contributed by atoms with Crippen molar-refractivity contribution in [3.8, 4) is 5.75 Å². The maximum atomic E-state index is 13.4. The lowest BCUT2D eigenvalue weighted by atomic mass is 10.2. The highest BCUT2D eigenvalue weighted by atomic mass is 19.1. The number of rotatable bonds is 8. The molecule has 0 aliphatic carbocycles. The first-order valence-corrected chi connectivity index (χ1v) is 6.16. The van der Waals surface area contributed by atoms with Crippen LogP contribution in [0.3, 0.4) is 0 Å². The zero-order chi connectivity index (χ0) is 14.1. The summed E-state index contributed by atoms with van der Waals surface area (Å²) in [5, 5.41) is 5.68. The highest BCUT2D eigenvalue weighted by molar-refractivity contribution is 5.77. The van der Waals surface area contributed by atoms with Gasteiger partial charge in [-0.2, -0.15) is 0 Å². The van der Waals surface area contributed by atoms with E-state index in [4.69, 9.17) is 4.74 Å². The molecule has 0 heterocycles. The number of halogens is 1. The molecule has 4 nitrogen and oxygen atoms in total. The standard InChI is InChI=1S/C14H19FN2O2/c1-3-5-17-14(18)10-19-13-7-11(9-16-4-2)6-12(15)8-13/h3,6-8,16H,1,4-5,9-10H2,2H3,(H,17,18). The number of carbonyl (C=O) groups is 1. The predicted octanol–water partition coefficient (Wildman–Crippen LogP) is 1.62. The highest BCUT2D eigenvalue weighted by Gasteiger charge is 2.05. The minimum absolute atomic E-state index is 0.141. The lowest BCUT2D eigenvalue weighted by Crippen LogP contribution is -2.28. The number of benzene rings is 1. The lowest BCUT2D eigenvalue weighted by Gasteiger charge is -2.09. The molecule has 0 aromatic heterocycles. The first kappa shape index (κ1) is 15.2. The summed E-state index contributed by atoms with van der Waals surface area (Å²) in [4.78, 5) is 11.3. The zero-order valence-electron chi connectivity index (χ0n) is 11.0. The van der Waals surface area contributed by atoms with Gasteiger partial charge in [-0.3, -0.25) is 4.79 Å². The van der Waals surface area contributed by atoms with Crippen LogP contribution in [0.2, 0.25) is 0 Å². The van der Waals surface area contributed by atoms with Crippen LogP contribution in [0.25, 0.3) is 0 Å². The van der Waals surface area contributed by atoms with E-state index in [0.717, 1.165) is 12.1 Å². The van der Waals surface area contributed by atoms with Crippen molar-refractivity contribution in [3.05, 3.63) is 42.2 Å². The normalized spacial score (nSPS) is 10.0. The number of ether oxygens (including phenoxy) is 1. The van der Waals surface area contributed by atoms with Gasteiger partial charge in [-0.15, -0.1) is 6.58 Å². The van der Waals surface area contributed by atoms with Gasteiger partial charge < -0.3 is 15.4 Å². The molecule has 2 N–H and O–H groups in total. The summed E-state index contributed by atoms with van der Waals surface area (Å²) in [7, 11) is 0. The Balaban J connectivity index is 2.55. The monoisotopic (exact) mass is 266 g/mol. The molecule has 1 rings (SSSR count). The molecule has 0 spiro atoms. The van der Waals surface area contributed by atoms with E-state index in [2.05, 4.69) is 17.2 Å². The lowest BCUT2D eigenvalue weighted by molar-refractivity contribution is -0.122. The van der Waals surface area contributed by atoms with E-state index in [9.17, 15) is 9.18 Å². The Hall–Kier alpha value is -1.88. The molecule has 0 radical (unpaired) electrons. The molecule has 19 heavy (non-hydrogen) atoms. The molecule has 104 valence electrons. The van der Waals surface area contributed by atoms with Gasteiger partial charge in [0.05, 0.1) is 0 Å². The van der Waals surface area contributed by atoms with E-state index in [1.807, 2.05) is 6.92 Å². The van der Waals surface area contributed by atoms with E-state index >= 15 is 0 Å². The van der Waals surface area contributed by atoms with Crippen LogP contribution in [0.1, 0.15) is 12.5 Å². The molecule has 0 aliphatic rings. The molecule has 1 amide bonds. The van der Waals surface area contributed by atoms with Crippen molar-refractivity contribution in [3.63, 3.8) is 0 Å². The topological polar surface area (TPSA) is 50.4 Å². The number of hydrogen-bond acceptors (Lipinski definition) is 3. The Labute approximate surface area is 112 Å². The number of nitrogens with one attached hydrogen (secondary N) is 2. The van der Waals surface area contributed by atoms with Crippen LogP contribution in [0.5, 0.6) is 5.75 Å². The van der Waals surface area contributed by atoms with Gasteiger partial charge in [0.15, 0.2) is 6.61 Å². The molecule has 1 aromatic carbocycles. The van der Waals surface area contributed by atoms with Crippen molar-refractivity contribution in [2.24, 2.45) is 0 Å². The van der Waals surface area contributed by atoms with Crippen molar-refractivity contribution in [1.29, 1.82) is 0 Å². The average Bonchev–Trinajstić information content (AvgIpc) is 2.40. The third kappa shape index (κ3) is 6.01. The van der Waals surface area contributed by atoms with E-state index in [-0.39, 0.29) is 18.3 Å². The SMILES string of the molecule is C=CCNC(=O)COc1cc(F)cc(CNCC)c1. The molecular formula is C14H19FN2O2. The molecule has 0 aliphatic heterocycles. The summed E-state index contributed by atoms with van der Waals surface area (Å²) in [6, 6.07) is 4.41. The summed E-state index contributed by atoms with van der Waals surface area (Å²) in [5.41, 5.74) is 0.781. The first-order chi connectivity index (χ1) is 9.15. The Kier molecular flexibility index (Phi) is 6.60. The van der Waals surface area contributed by atoms with Crippen molar-refractivity contribution in [1.82, 2.24) is 10.6 Å². The van der Waals surface area contributed by atoms with Gasteiger partial charge in [-0.05, 0) is 24.2 Å². The molecule has 1 aromatic rings. The summed E-state index contributed by atoms with van der Waals surface area (Å²) in [6.45, 7) is 7.07. The second kappa shape index (κ2) is 8.26. The van der Waals surface area contributed by atoms with Crippen molar-refractivity contribution >= 4 is 5.91 Å². The van der Waals surface area contributed by atoms with Gasteiger partial charge in [0.1, 0.15) is 11.6 Å². The van der Waals surface area contributed by atoms with E-state index in [0.29, 0.717) is 18.8 Å². The second-order valence-corrected chi connectivity index (χ2v) is 3.96. The summed E-state index contributed by atoms with van der Waals surface area (Å²) < 4.78 is 18.6. The molecule has 0 atom stereocenters. The minimum atomic E-state index is -0.378. The van der Waals surface area contributed by atoms with Gasteiger partial charge in [0.25, 0.3) is 5.91 Å². The molecule has 0 unspecified atom stereocenters. The fourth-order valence-electron chi connectivity index (χ4n) is 1.46. The zero-order valence-corrected chi connectivity index (χ0v) is 11.0. The van der Waals surface area contributed by atoms with Crippen molar-refractivity contribution in [2.45, 2.75) is 13.5 Å². The van der Waals surface area contributed by atoms with Gasteiger partial charge in [0.2, 0.25) is 0 Å². The minimum Gasteiger partial charge on any atom is -0.484 e. The molecule has 0 bridgehead atoms. The average molecular weight is 266 g/mol. The summed E-state index contributed by atoms with van der Waals surface area (Å²) >= 11 is 0. The van der Waals surface area contributed by atoms with Crippen LogP contribution in [-0.2, 0) is 11.3 Å². The second-order valence-electron chi connectivity index (χ2n) is 3.96. The molecule has 0 saturated heterocycles. The Bertz CT molecular complexity index is 435. The van der Waals surface area contributed by atoms with Crippen molar-refractivity contribution < 1.29 is 13.9 Å². The van der Waals surface area contributed by atoms with Gasteiger partial charge >= 0.3 is 0 Å². The van der Waals surface area contributed by atoms with Crippen molar-refractivity contribution in [2.75, 3.05) is 19.7 Å². The van der Waals surface area contributed by atoms with Crippen LogP contribution in [0.15, 0.2) is 30.9 Å². The van der Waals surface area contributed by atoms with Gasteiger partial charge in [-0.1, -0.05) is 13.0 Å². The summed E-state index contributed by atoms with van der Waals surface area (Å²) in [5.74, 6) is -0.295. The molecule has 0 fully saturated rings. The third-order valence-electron chi connectivity index (χ3n) is 2.32. The fraction of sp³-hybridized carbons (Fsp3) is 0.357. The molecule has 0 saturated carbocycles. The van der Waals surface area contributed by atoms with Crippen LogP contribution in [0.4, 0.5) is 4.39 Å².